The van der Waals surface area contributed by atoms with Crippen LogP contribution < -0.4 is 9.47 Å². The molecule has 1 fully saturated rings. The Labute approximate surface area is 212 Å². The van der Waals surface area contributed by atoms with Crippen LogP contribution in [0.15, 0.2) is 54.1 Å². The number of aliphatic hydroxyl groups is 1. The molecule has 1 N–H and O–H groups in total. The SMILES string of the molecule is CCCOc1cccc(/C(O)=C2/C(=O)C(=O)N(CCN(CC)CC)C2c2ccc(OC(C)=O)cc2)c1. The van der Waals surface area contributed by atoms with E-state index in [0.29, 0.717) is 42.3 Å². The van der Waals surface area contributed by atoms with Gasteiger partial charge in [-0.05, 0) is 49.3 Å². The highest BCUT2D eigenvalue weighted by atomic mass is 16.5. The van der Waals surface area contributed by atoms with Crippen molar-refractivity contribution in [3.63, 3.8) is 0 Å². The number of benzene rings is 2. The first-order chi connectivity index (χ1) is 17.3. The molecular weight excluding hydrogens is 460 g/mol. The molecular formula is C28H34N2O6. The number of nitrogens with zero attached hydrogens (tertiary/aromatic N) is 2. The van der Waals surface area contributed by atoms with Crippen molar-refractivity contribution >= 4 is 23.4 Å². The average molecular weight is 495 g/mol. The van der Waals surface area contributed by atoms with Crippen LogP contribution in [0.25, 0.3) is 5.76 Å². The summed E-state index contributed by atoms with van der Waals surface area (Å²) in [4.78, 5) is 41.4. The monoisotopic (exact) mass is 494 g/mol. The third-order valence-electron chi connectivity index (χ3n) is 6.13. The van der Waals surface area contributed by atoms with Gasteiger partial charge in [-0.15, -0.1) is 0 Å². The van der Waals surface area contributed by atoms with Crippen molar-refractivity contribution in [3.05, 3.63) is 65.2 Å². The summed E-state index contributed by atoms with van der Waals surface area (Å²) in [6.45, 7) is 10.4. The predicted octanol–water partition coefficient (Wildman–Crippen LogP) is 4.16. The van der Waals surface area contributed by atoms with Gasteiger partial charge in [-0.3, -0.25) is 14.4 Å². The minimum absolute atomic E-state index is 0.0208. The van der Waals surface area contributed by atoms with Crippen LogP contribution in [-0.4, -0.2) is 65.4 Å². The fourth-order valence-corrected chi connectivity index (χ4v) is 4.24. The van der Waals surface area contributed by atoms with Crippen molar-refractivity contribution in [1.29, 1.82) is 0 Å². The van der Waals surface area contributed by atoms with E-state index in [4.69, 9.17) is 9.47 Å². The first kappa shape index (κ1) is 26.9. The molecule has 0 radical (unpaired) electrons. The van der Waals surface area contributed by atoms with Gasteiger partial charge in [0.2, 0.25) is 0 Å². The molecule has 0 aliphatic carbocycles. The van der Waals surface area contributed by atoms with Crippen molar-refractivity contribution in [1.82, 2.24) is 9.80 Å². The number of amides is 1. The minimum atomic E-state index is -0.785. The van der Waals surface area contributed by atoms with Gasteiger partial charge in [0, 0.05) is 25.6 Å². The molecule has 1 saturated heterocycles. The highest BCUT2D eigenvalue weighted by molar-refractivity contribution is 6.46. The van der Waals surface area contributed by atoms with Gasteiger partial charge in [0.1, 0.15) is 17.3 Å². The molecule has 192 valence electrons. The van der Waals surface area contributed by atoms with Crippen LogP contribution in [0.4, 0.5) is 0 Å². The molecule has 1 heterocycles. The maximum Gasteiger partial charge on any atom is 0.308 e. The summed E-state index contributed by atoms with van der Waals surface area (Å²) in [7, 11) is 0. The molecule has 1 amide bonds. The second-order valence-corrected chi connectivity index (χ2v) is 8.56. The molecule has 0 aromatic heterocycles. The molecule has 1 aliphatic heterocycles. The Morgan fingerprint density at radius 1 is 1.03 bits per heavy atom. The summed E-state index contributed by atoms with van der Waals surface area (Å²) >= 11 is 0. The number of likely N-dealkylation sites (N-methyl/N-ethyl adjacent to an activating group) is 1. The van der Waals surface area contributed by atoms with E-state index in [2.05, 4.69) is 4.90 Å². The number of carbonyl (C=O) groups is 3. The molecule has 0 bridgehead atoms. The third-order valence-corrected chi connectivity index (χ3v) is 6.13. The van der Waals surface area contributed by atoms with Gasteiger partial charge >= 0.3 is 5.97 Å². The third kappa shape index (κ3) is 6.12. The van der Waals surface area contributed by atoms with Gasteiger partial charge in [-0.1, -0.05) is 45.0 Å². The smallest absolute Gasteiger partial charge is 0.308 e. The average Bonchev–Trinajstić information content (AvgIpc) is 3.13. The highest BCUT2D eigenvalue weighted by Gasteiger charge is 2.46. The Morgan fingerprint density at radius 3 is 2.33 bits per heavy atom. The number of esters is 1. The van der Waals surface area contributed by atoms with E-state index in [9.17, 15) is 19.5 Å². The number of aliphatic hydroxyl groups excluding tert-OH is 1. The highest BCUT2D eigenvalue weighted by Crippen LogP contribution is 2.40. The lowest BCUT2D eigenvalue weighted by atomic mass is 9.95. The maximum absolute atomic E-state index is 13.2. The molecule has 2 aromatic carbocycles. The summed E-state index contributed by atoms with van der Waals surface area (Å²) in [5.74, 6) is -1.17. The predicted molar refractivity (Wildman–Crippen MR) is 137 cm³/mol. The number of rotatable bonds is 11. The first-order valence-electron chi connectivity index (χ1n) is 12.3. The topological polar surface area (TPSA) is 96.4 Å². The van der Waals surface area contributed by atoms with E-state index in [0.717, 1.165) is 19.5 Å². The van der Waals surface area contributed by atoms with Crippen LogP contribution in [0.5, 0.6) is 11.5 Å². The molecule has 36 heavy (non-hydrogen) atoms. The molecule has 1 atom stereocenters. The molecule has 1 aliphatic rings. The first-order valence-corrected chi connectivity index (χ1v) is 12.3. The Balaban J connectivity index is 2.07. The number of ether oxygens (including phenoxy) is 2. The van der Waals surface area contributed by atoms with Crippen LogP contribution >= 0.6 is 0 Å². The number of hydrogen-bond acceptors (Lipinski definition) is 7. The van der Waals surface area contributed by atoms with E-state index >= 15 is 0 Å². The number of Topliss-reactive ketones (excluding diaryl/α,β-unsaturated/α-hetero) is 1. The Hall–Kier alpha value is -3.65. The van der Waals surface area contributed by atoms with E-state index in [1.807, 2.05) is 20.8 Å². The molecule has 1 unspecified atom stereocenters. The van der Waals surface area contributed by atoms with Gasteiger partial charge in [0.05, 0.1) is 18.2 Å². The summed E-state index contributed by atoms with van der Waals surface area (Å²) < 4.78 is 10.8. The van der Waals surface area contributed by atoms with Gasteiger partial charge in [-0.2, -0.15) is 0 Å². The lowest BCUT2D eigenvalue weighted by Gasteiger charge is -2.28. The van der Waals surface area contributed by atoms with Crippen molar-refractivity contribution < 1.29 is 29.0 Å². The zero-order valence-electron chi connectivity index (χ0n) is 21.3. The van der Waals surface area contributed by atoms with Gasteiger partial charge in [-0.25, -0.2) is 0 Å². The molecule has 8 heteroatoms. The lowest BCUT2D eigenvalue weighted by molar-refractivity contribution is -0.140. The van der Waals surface area contributed by atoms with Gasteiger partial charge in [0.25, 0.3) is 11.7 Å². The molecule has 8 nitrogen and oxygen atoms in total. The van der Waals surface area contributed by atoms with Crippen LogP contribution in [0.2, 0.25) is 0 Å². The number of likely N-dealkylation sites (tertiary alicyclic amines) is 1. The standard InChI is InChI=1S/C28H34N2O6/c1-5-17-35-23-10-8-9-21(18-23)26(32)24-25(20-11-13-22(14-12-20)36-19(4)31)30(28(34)27(24)33)16-15-29(6-2)7-3/h8-14,18,25,32H,5-7,15-17H2,1-4H3/b26-24-. The normalized spacial score (nSPS) is 17.0. The quantitative estimate of drug-likeness (QED) is 0.165. The number of hydrogen-bond donors (Lipinski definition) is 1. The molecule has 3 rings (SSSR count). The van der Waals surface area contributed by atoms with Crippen molar-refractivity contribution in [2.24, 2.45) is 0 Å². The van der Waals surface area contributed by atoms with Crippen molar-refractivity contribution in [2.45, 2.75) is 40.2 Å². The van der Waals surface area contributed by atoms with Crippen LogP contribution in [-0.2, 0) is 14.4 Å². The van der Waals surface area contributed by atoms with Gasteiger partial charge in [0.15, 0.2) is 0 Å². The zero-order chi connectivity index (χ0) is 26.2. The summed E-state index contributed by atoms with van der Waals surface area (Å²) in [5, 5.41) is 11.3. The summed E-state index contributed by atoms with van der Waals surface area (Å²) in [6.07, 6.45) is 0.831. The molecule has 2 aromatic rings. The zero-order valence-corrected chi connectivity index (χ0v) is 21.3. The molecule has 0 spiro atoms. The minimum Gasteiger partial charge on any atom is -0.507 e. The van der Waals surface area contributed by atoms with E-state index < -0.39 is 23.7 Å². The fourth-order valence-electron chi connectivity index (χ4n) is 4.24. The second kappa shape index (κ2) is 12.4. The van der Waals surface area contributed by atoms with E-state index in [-0.39, 0.29) is 11.3 Å². The lowest BCUT2D eigenvalue weighted by Crippen LogP contribution is -2.38. The molecule has 0 saturated carbocycles. The summed E-state index contributed by atoms with van der Waals surface area (Å²) in [6, 6.07) is 12.7. The largest absolute Gasteiger partial charge is 0.507 e. The Morgan fingerprint density at radius 2 is 1.72 bits per heavy atom. The van der Waals surface area contributed by atoms with E-state index in [1.165, 1.54) is 11.8 Å². The van der Waals surface area contributed by atoms with Crippen LogP contribution in [0.1, 0.15) is 51.3 Å². The van der Waals surface area contributed by atoms with Crippen LogP contribution in [0, 0.1) is 0 Å². The Kier molecular flexibility index (Phi) is 9.25. The van der Waals surface area contributed by atoms with Crippen molar-refractivity contribution in [2.75, 3.05) is 32.8 Å². The number of carbonyl (C=O) groups excluding carboxylic acids is 3. The number of ketones is 1. The van der Waals surface area contributed by atoms with Gasteiger partial charge < -0.3 is 24.4 Å². The van der Waals surface area contributed by atoms with Crippen molar-refractivity contribution in [3.8, 4) is 11.5 Å². The second-order valence-electron chi connectivity index (χ2n) is 8.56. The summed E-state index contributed by atoms with van der Waals surface area (Å²) in [5.41, 5.74) is 1.05. The van der Waals surface area contributed by atoms with E-state index in [1.54, 1.807) is 48.5 Å². The maximum atomic E-state index is 13.2. The fraction of sp³-hybridized carbons (Fsp3) is 0.393. The van der Waals surface area contributed by atoms with Crippen LogP contribution in [0.3, 0.4) is 0 Å². The Bertz CT molecular complexity index is 1120.